The van der Waals surface area contributed by atoms with Crippen molar-refractivity contribution in [2.75, 3.05) is 7.11 Å². The molecule has 1 aromatic carbocycles. The summed E-state index contributed by atoms with van der Waals surface area (Å²) in [5.41, 5.74) is 0.395. The Morgan fingerprint density at radius 3 is 2.57 bits per heavy atom. The monoisotopic (exact) mass is 234 g/mol. The van der Waals surface area contributed by atoms with Crippen LogP contribution in [0.15, 0.2) is 12.1 Å². The highest BCUT2D eigenvalue weighted by Gasteiger charge is 2.10. The van der Waals surface area contributed by atoms with Gasteiger partial charge in [-0.3, -0.25) is 4.79 Å². The van der Waals surface area contributed by atoms with Crippen molar-refractivity contribution in [2.24, 2.45) is 0 Å². The van der Waals surface area contributed by atoms with Crippen LogP contribution in [0.3, 0.4) is 0 Å². The molecular formula is C9H8Cl2O3. The van der Waals surface area contributed by atoms with Crippen molar-refractivity contribution in [2.45, 2.75) is 6.42 Å². The van der Waals surface area contributed by atoms with Gasteiger partial charge < -0.3 is 9.84 Å². The standard InChI is InChI=1S/C9H8Cl2O3/c1-14-9(13)3-5-2-6(10)7(11)4-8(5)12/h2,4,12H,3H2,1H3. The van der Waals surface area contributed by atoms with E-state index in [0.717, 1.165) is 0 Å². The van der Waals surface area contributed by atoms with Crippen LogP contribution in [0, 0.1) is 0 Å². The van der Waals surface area contributed by atoms with Gasteiger partial charge in [0.25, 0.3) is 0 Å². The lowest BCUT2D eigenvalue weighted by molar-refractivity contribution is -0.139. The van der Waals surface area contributed by atoms with Gasteiger partial charge in [-0.2, -0.15) is 0 Å². The normalized spacial score (nSPS) is 9.93. The number of rotatable bonds is 2. The quantitative estimate of drug-likeness (QED) is 0.800. The van der Waals surface area contributed by atoms with Crippen LogP contribution in [0.25, 0.3) is 0 Å². The van der Waals surface area contributed by atoms with E-state index < -0.39 is 5.97 Å². The third kappa shape index (κ3) is 2.53. The fourth-order valence-electron chi connectivity index (χ4n) is 0.947. The summed E-state index contributed by atoms with van der Waals surface area (Å²) in [6, 6.07) is 2.73. The van der Waals surface area contributed by atoms with Gasteiger partial charge in [0.15, 0.2) is 0 Å². The molecule has 0 aliphatic carbocycles. The van der Waals surface area contributed by atoms with Crippen molar-refractivity contribution >= 4 is 29.2 Å². The molecule has 0 aliphatic heterocycles. The lowest BCUT2D eigenvalue weighted by atomic mass is 10.1. The Kier molecular flexibility index (Phi) is 3.61. The topological polar surface area (TPSA) is 46.5 Å². The van der Waals surface area contributed by atoms with E-state index in [4.69, 9.17) is 23.2 Å². The van der Waals surface area contributed by atoms with Crippen LogP contribution in [-0.4, -0.2) is 18.2 Å². The summed E-state index contributed by atoms with van der Waals surface area (Å²) in [7, 11) is 1.27. The van der Waals surface area contributed by atoms with Crippen molar-refractivity contribution < 1.29 is 14.6 Å². The van der Waals surface area contributed by atoms with Gasteiger partial charge in [-0.1, -0.05) is 23.2 Å². The number of halogens is 2. The Morgan fingerprint density at radius 1 is 1.43 bits per heavy atom. The van der Waals surface area contributed by atoms with Gasteiger partial charge in [-0.25, -0.2) is 0 Å². The molecule has 0 spiro atoms. The van der Waals surface area contributed by atoms with Crippen LogP contribution in [0.1, 0.15) is 5.56 Å². The number of carbonyl (C=O) groups is 1. The van der Waals surface area contributed by atoms with Crippen LogP contribution in [0.5, 0.6) is 5.75 Å². The Labute approximate surface area is 91.2 Å². The summed E-state index contributed by atoms with van der Waals surface area (Å²) in [5, 5.41) is 9.95. The molecule has 0 aliphatic rings. The Hall–Kier alpha value is -0.930. The number of hydrogen-bond acceptors (Lipinski definition) is 3. The molecule has 1 aromatic rings. The van der Waals surface area contributed by atoms with Gasteiger partial charge in [-0.15, -0.1) is 0 Å². The molecule has 0 amide bonds. The number of ether oxygens (including phenoxy) is 1. The van der Waals surface area contributed by atoms with Crippen molar-refractivity contribution in [3.8, 4) is 5.75 Å². The molecule has 0 unspecified atom stereocenters. The van der Waals surface area contributed by atoms with E-state index >= 15 is 0 Å². The van der Waals surface area contributed by atoms with Gasteiger partial charge in [0.1, 0.15) is 5.75 Å². The largest absolute Gasteiger partial charge is 0.508 e. The van der Waals surface area contributed by atoms with E-state index in [1.54, 1.807) is 0 Å². The number of aromatic hydroxyl groups is 1. The summed E-state index contributed by atoms with van der Waals surface area (Å²) in [5.74, 6) is -0.511. The minimum atomic E-state index is -0.446. The number of hydrogen-bond donors (Lipinski definition) is 1. The predicted octanol–water partition coefficient (Wildman–Crippen LogP) is 2.41. The van der Waals surface area contributed by atoms with Gasteiger partial charge >= 0.3 is 5.97 Å². The van der Waals surface area contributed by atoms with Crippen LogP contribution in [0.2, 0.25) is 10.0 Å². The van der Waals surface area contributed by atoms with Crippen LogP contribution in [-0.2, 0) is 16.0 Å². The fraction of sp³-hybridized carbons (Fsp3) is 0.222. The van der Waals surface area contributed by atoms with Crippen molar-refractivity contribution in [1.29, 1.82) is 0 Å². The number of carbonyl (C=O) groups excluding carboxylic acids is 1. The maximum Gasteiger partial charge on any atom is 0.310 e. The van der Waals surface area contributed by atoms with Crippen LogP contribution in [0.4, 0.5) is 0 Å². The minimum Gasteiger partial charge on any atom is -0.508 e. The SMILES string of the molecule is COC(=O)Cc1cc(Cl)c(Cl)cc1O. The zero-order valence-corrected chi connectivity index (χ0v) is 8.89. The summed E-state index contributed by atoms with van der Waals surface area (Å²) in [6.07, 6.45) is -0.0285. The molecule has 0 saturated carbocycles. The molecule has 0 saturated heterocycles. The number of phenols is 1. The summed E-state index contributed by atoms with van der Waals surface area (Å²) < 4.78 is 4.45. The second-order valence-corrected chi connectivity index (χ2v) is 3.46. The number of esters is 1. The smallest absolute Gasteiger partial charge is 0.310 e. The highest BCUT2D eigenvalue weighted by molar-refractivity contribution is 6.42. The van der Waals surface area contributed by atoms with E-state index in [-0.39, 0.29) is 17.2 Å². The van der Waals surface area contributed by atoms with Crippen LogP contribution >= 0.6 is 23.2 Å². The molecule has 0 aromatic heterocycles. The first kappa shape index (κ1) is 11.1. The van der Waals surface area contributed by atoms with Crippen LogP contribution < -0.4 is 0 Å². The summed E-state index contributed by atoms with van der Waals surface area (Å²) >= 11 is 11.4. The van der Waals surface area contributed by atoms with Gasteiger partial charge in [-0.05, 0) is 6.07 Å². The highest BCUT2D eigenvalue weighted by Crippen LogP contribution is 2.30. The zero-order chi connectivity index (χ0) is 10.7. The van der Waals surface area contributed by atoms with Gasteiger partial charge in [0.05, 0.1) is 23.6 Å². The molecule has 3 nitrogen and oxygen atoms in total. The zero-order valence-electron chi connectivity index (χ0n) is 7.38. The molecule has 0 bridgehead atoms. The van der Waals surface area contributed by atoms with E-state index in [1.807, 2.05) is 0 Å². The molecule has 0 heterocycles. The Bertz CT molecular complexity index is 363. The summed E-state index contributed by atoms with van der Waals surface area (Å²) in [4.78, 5) is 10.9. The average Bonchev–Trinajstić information content (AvgIpc) is 2.14. The first-order valence-electron chi connectivity index (χ1n) is 3.78. The maximum atomic E-state index is 10.9. The van der Waals surface area contributed by atoms with Crippen molar-refractivity contribution in [3.63, 3.8) is 0 Å². The number of benzene rings is 1. The van der Waals surface area contributed by atoms with Crippen molar-refractivity contribution in [3.05, 3.63) is 27.7 Å². The molecular weight excluding hydrogens is 227 g/mol. The molecule has 0 fully saturated rings. The fourth-order valence-corrected chi connectivity index (χ4v) is 1.29. The Morgan fingerprint density at radius 2 is 2.00 bits per heavy atom. The molecule has 1 rings (SSSR count). The molecule has 14 heavy (non-hydrogen) atoms. The lowest BCUT2D eigenvalue weighted by Crippen LogP contribution is -2.04. The summed E-state index contributed by atoms with van der Waals surface area (Å²) in [6.45, 7) is 0. The van der Waals surface area contributed by atoms with E-state index in [1.165, 1.54) is 19.2 Å². The number of methoxy groups -OCH3 is 1. The number of phenolic OH excluding ortho intramolecular Hbond substituents is 1. The van der Waals surface area contributed by atoms with Crippen molar-refractivity contribution in [1.82, 2.24) is 0 Å². The third-order valence-electron chi connectivity index (χ3n) is 1.68. The second kappa shape index (κ2) is 4.53. The van der Waals surface area contributed by atoms with E-state index in [2.05, 4.69) is 4.74 Å². The molecule has 0 radical (unpaired) electrons. The Balaban J connectivity index is 2.98. The van der Waals surface area contributed by atoms with Gasteiger partial charge in [0, 0.05) is 11.6 Å². The minimum absolute atomic E-state index is 0.0285. The average molecular weight is 235 g/mol. The van der Waals surface area contributed by atoms with Gasteiger partial charge in [0.2, 0.25) is 0 Å². The molecule has 0 atom stereocenters. The highest BCUT2D eigenvalue weighted by atomic mass is 35.5. The predicted molar refractivity (Wildman–Crippen MR) is 53.8 cm³/mol. The second-order valence-electron chi connectivity index (χ2n) is 2.65. The first-order valence-corrected chi connectivity index (χ1v) is 4.54. The molecule has 76 valence electrons. The molecule has 5 heteroatoms. The van der Waals surface area contributed by atoms with E-state index in [0.29, 0.717) is 10.6 Å². The first-order chi connectivity index (χ1) is 6.54. The lowest BCUT2D eigenvalue weighted by Gasteiger charge is -2.05. The maximum absolute atomic E-state index is 10.9. The van der Waals surface area contributed by atoms with E-state index in [9.17, 15) is 9.90 Å². The molecule has 1 N–H and O–H groups in total. The third-order valence-corrected chi connectivity index (χ3v) is 2.41.